The average molecular weight is 417 g/mol. The van der Waals surface area contributed by atoms with Crippen LogP contribution >= 0.6 is 0 Å². The molecule has 0 bridgehead atoms. The Hall–Kier alpha value is -3.22. The zero-order valence-electron chi connectivity index (χ0n) is 17.9. The summed E-state index contributed by atoms with van der Waals surface area (Å²) in [4.78, 5) is 17.1. The van der Waals surface area contributed by atoms with E-state index in [1.807, 2.05) is 30.3 Å². The van der Waals surface area contributed by atoms with Crippen molar-refractivity contribution in [2.45, 2.75) is 6.67 Å². The van der Waals surface area contributed by atoms with Gasteiger partial charge in [0, 0.05) is 44.4 Å². The van der Waals surface area contributed by atoms with Crippen LogP contribution in [0.3, 0.4) is 0 Å². The van der Waals surface area contributed by atoms with Gasteiger partial charge in [0.05, 0.1) is 19.5 Å². The van der Waals surface area contributed by atoms with E-state index in [9.17, 15) is 4.79 Å². The zero-order valence-corrected chi connectivity index (χ0v) is 17.9. The number of hydrogen-bond acceptors (Lipinski definition) is 5. The highest BCUT2D eigenvalue weighted by Gasteiger charge is 2.17. The molecule has 0 radical (unpaired) electrons. The molecular weight excluding hydrogens is 388 g/mol. The van der Waals surface area contributed by atoms with Gasteiger partial charge in [-0.15, -0.1) is 0 Å². The van der Waals surface area contributed by atoms with Crippen LogP contribution in [-0.4, -0.2) is 59.4 Å². The number of rotatable bonds is 7. The van der Waals surface area contributed by atoms with Crippen LogP contribution in [0.15, 0.2) is 77.6 Å². The van der Waals surface area contributed by atoms with Gasteiger partial charge in [-0.3, -0.25) is 14.6 Å². The lowest BCUT2D eigenvalue weighted by Gasteiger charge is -2.34. The molecule has 160 valence electrons. The van der Waals surface area contributed by atoms with Crippen LogP contribution in [0.5, 0.6) is 5.75 Å². The van der Waals surface area contributed by atoms with Crippen LogP contribution in [0.4, 0.5) is 0 Å². The van der Waals surface area contributed by atoms with E-state index in [-0.39, 0.29) is 5.56 Å². The molecule has 2 heterocycles. The first-order valence-electron chi connectivity index (χ1n) is 10.6. The normalized spacial score (nSPS) is 15.4. The molecule has 0 saturated carbocycles. The van der Waals surface area contributed by atoms with Crippen LogP contribution in [0.2, 0.25) is 0 Å². The molecule has 6 nitrogen and oxygen atoms in total. The quantitative estimate of drug-likeness (QED) is 0.592. The predicted octanol–water partition coefficient (Wildman–Crippen LogP) is 3.21. The van der Waals surface area contributed by atoms with E-state index in [1.54, 1.807) is 23.9 Å². The zero-order chi connectivity index (χ0) is 21.5. The molecule has 2 aromatic carbocycles. The third kappa shape index (κ3) is 5.48. The lowest BCUT2D eigenvalue weighted by molar-refractivity contribution is 0.109. The van der Waals surface area contributed by atoms with Crippen molar-refractivity contribution in [1.82, 2.24) is 19.6 Å². The number of piperazine rings is 1. The molecule has 0 spiro atoms. The smallest absolute Gasteiger partial charge is 0.268 e. The first-order valence-corrected chi connectivity index (χ1v) is 10.6. The Kier molecular flexibility index (Phi) is 6.92. The third-order valence-electron chi connectivity index (χ3n) is 5.52. The highest BCUT2D eigenvalue weighted by molar-refractivity contribution is 5.66. The molecule has 0 amide bonds. The predicted molar refractivity (Wildman–Crippen MR) is 124 cm³/mol. The molecule has 4 rings (SSSR count). The largest absolute Gasteiger partial charge is 0.496 e. The van der Waals surface area contributed by atoms with Gasteiger partial charge in [-0.1, -0.05) is 54.6 Å². The monoisotopic (exact) mass is 416 g/mol. The Balaban J connectivity index is 1.35. The Morgan fingerprint density at radius 2 is 1.61 bits per heavy atom. The van der Waals surface area contributed by atoms with Gasteiger partial charge >= 0.3 is 0 Å². The van der Waals surface area contributed by atoms with Gasteiger partial charge in [0.2, 0.25) is 0 Å². The van der Waals surface area contributed by atoms with Crippen LogP contribution in [-0.2, 0) is 6.67 Å². The summed E-state index contributed by atoms with van der Waals surface area (Å²) in [6.07, 6.45) is 4.38. The van der Waals surface area contributed by atoms with Crippen LogP contribution < -0.4 is 10.3 Å². The van der Waals surface area contributed by atoms with E-state index in [4.69, 9.17) is 4.74 Å². The van der Waals surface area contributed by atoms with E-state index < -0.39 is 0 Å². The number of hydrogen-bond donors (Lipinski definition) is 0. The van der Waals surface area contributed by atoms with Gasteiger partial charge in [0.25, 0.3) is 5.56 Å². The second-order valence-electron chi connectivity index (χ2n) is 7.63. The van der Waals surface area contributed by atoms with Crippen molar-refractivity contribution in [3.05, 3.63) is 88.7 Å². The van der Waals surface area contributed by atoms with Crippen LogP contribution in [0, 0.1) is 0 Å². The first kappa shape index (κ1) is 21.0. The number of ether oxygens (including phenoxy) is 1. The van der Waals surface area contributed by atoms with E-state index in [2.05, 4.69) is 51.3 Å². The molecule has 1 saturated heterocycles. The standard InChI is InChI=1S/C25H28N4O2/c1-31-24-12-6-5-11-22(24)23-13-14-25(30)29(26-23)20-28-18-16-27(17-19-28)15-7-10-21-8-3-2-4-9-21/h2-14H,15-20H2,1H3. The molecule has 0 atom stereocenters. The molecule has 6 heteroatoms. The van der Waals surface area contributed by atoms with E-state index >= 15 is 0 Å². The summed E-state index contributed by atoms with van der Waals surface area (Å²) in [5, 5.41) is 4.61. The maximum absolute atomic E-state index is 12.4. The number of nitrogens with zero attached hydrogens (tertiary/aromatic N) is 4. The van der Waals surface area contributed by atoms with Crippen molar-refractivity contribution in [3.63, 3.8) is 0 Å². The Bertz CT molecular complexity index is 1070. The van der Waals surface area contributed by atoms with Gasteiger partial charge in [-0.05, 0) is 23.8 Å². The van der Waals surface area contributed by atoms with E-state index in [0.29, 0.717) is 6.67 Å². The van der Waals surface area contributed by atoms with Gasteiger partial charge in [0.1, 0.15) is 5.75 Å². The molecule has 1 fully saturated rings. The summed E-state index contributed by atoms with van der Waals surface area (Å²) in [6.45, 7) is 5.19. The molecule has 0 unspecified atom stereocenters. The topological polar surface area (TPSA) is 50.6 Å². The minimum atomic E-state index is -0.0909. The molecule has 1 aromatic heterocycles. The molecule has 31 heavy (non-hydrogen) atoms. The van der Waals surface area contributed by atoms with Gasteiger partial charge in [0.15, 0.2) is 0 Å². The lowest BCUT2D eigenvalue weighted by Crippen LogP contribution is -2.47. The van der Waals surface area contributed by atoms with E-state index in [0.717, 1.165) is 49.7 Å². The second kappa shape index (κ2) is 10.2. The first-order chi connectivity index (χ1) is 15.2. The summed E-state index contributed by atoms with van der Waals surface area (Å²) < 4.78 is 6.99. The molecule has 1 aliphatic heterocycles. The maximum Gasteiger partial charge on any atom is 0.268 e. The summed E-state index contributed by atoms with van der Waals surface area (Å²) in [5.74, 6) is 0.748. The summed E-state index contributed by atoms with van der Waals surface area (Å²) >= 11 is 0. The number of para-hydroxylation sites is 1. The van der Waals surface area contributed by atoms with Crippen LogP contribution in [0.25, 0.3) is 17.3 Å². The fourth-order valence-corrected chi connectivity index (χ4v) is 3.75. The highest BCUT2D eigenvalue weighted by atomic mass is 16.5. The summed E-state index contributed by atoms with van der Waals surface area (Å²) in [7, 11) is 1.64. The maximum atomic E-state index is 12.4. The highest BCUT2D eigenvalue weighted by Crippen LogP contribution is 2.27. The van der Waals surface area contributed by atoms with Gasteiger partial charge < -0.3 is 4.74 Å². The molecule has 3 aromatic rings. The van der Waals surface area contributed by atoms with Crippen molar-refractivity contribution in [2.24, 2.45) is 0 Å². The number of benzene rings is 2. The minimum Gasteiger partial charge on any atom is -0.496 e. The number of methoxy groups -OCH3 is 1. The van der Waals surface area contributed by atoms with Crippen molar-refractivity contribution >= 4 is 6.08 Å². The Morgan fingerprint density at radius 3 is 2.39 bits per heavy atom. The minimum absolute atomic E-state index is 0.0909. The Morgan fingerprint density at radius 1 is 0.903 bits per heavy atom. The van der Waals surface area contributed by atoms with Gasteiger partial charge in [-0.25, -0.2) is 4.68 Å². The van der Waals surface area contributed by atoms with Crippen molar-refractivity contribution in [3.8, 4) is 17.0 Å². The van der Waals surface area contributed by atoms with Crippen molar-refractivity contribution < 1.29 is 4.74 Å². The fraction of sp³-hybridized carbons (Fsp3) is 0.280. The summed E-state index contributed by atoms with van der Waals surface area (Å²) in [5.41, 5.74) is 2.75. The van der Waals surface area contributed by atoms with Gasteiger partial charge in [-0.2, -0.15) is 5.10 Å². The molecule has 0 N–H and O–H groups in total. The number of aromatic nitrogens is 2. The second-order valence-corrected chi connectivity index (χ2v) is 7.63. The average Bonchev–Trinajstić information content (AvgIpc) is 2.82. The Labute approximate surface area is 183 Å². The molecular formula is C25H28N4O2. The van der Waals surface area contributed by atoms with Crippen molar-refractivity contribution in [2.75, 3.05) is 39.8 Å². The van der Waals surface area contributed by atoms with Crippen LogP contribution in [0.1, 0.15) is 5.56 Å². The third-order valence-corrected chi connectivity index (χ3v) is 5.52. The molecule has 1 aliphatic rings. The van der Waals surface area contributed by atoms with Crippen molar-refractivity contribution in [1.29, 1.82) is 0 Å². The SMILES string of the molecule is COc1ccccc1-c1ccc(=O)n(CN2CCN(CC=Cc3ccccc3)CC2)n1. The lowest BCUT2D eigenvalue weighted by atomic mass is 10.1. The van der Waals surface area contributed by atoms with E-state index in [1.165, 1.54) is 5.56 Å². The fourth-order valence-electron chi connectivity index (χ4n) is 3.75. The molecule has 0 aliphatic carbocycles. The summed E-state index contributed by atoms with van der Waals surface area (Å²) in [6, 6.07) is 21.4.